The van der Waals surface area contributed by atoms with Gasteiger partial charge in [-0.05, 0) is 80.6 Å². The van der Waals surface area contributed by atoms with Gasteiger partial charge in [-0.25, -0.2) is 9.37 Å². The van der Waals surface area contributed by atoms with Crippen molar-refractivity contribution in [3.63, 3.8) is 0 Å². The number of methoxy groups -OCH3 is 2. The number of aromatic nitrogens is 2. The molecule has 0 aliphatic rings. The van der Waals surface area contributed by atoms with E-state index >= 15 is 0 Å². The minimum absolute atomic E-state index is 0.193. The second-order valence-corrected chi connectivity index (χ2v) is 8.83. The van der Waals surface area contributed by atoms with E-state index in [1.807, 2.05) is 38.1 Å². The second kappa shape index (κ2) is 11.6. The summed E-state index contributed by atoms with van der Waals surface area (Å²) in [6.45, 7) is 3.49. The average Bonchev–Trinajstić information content (AvgIpc) is 3.35. The van der Waals surface area contributed by atoms with Crippen molar-refractivity contribution in [3.8, 4) is 28.4 Å². The topological polar surface area (TPSA) is 85.7 Å². The van der Waals surface area contributed by atoms with Crippen molar-refractivity contribution in [2.45, 2.75) is 19.9 Å². The van der Waals surface area contributed by atoms with E-state index in [0.717, 1.165) is 5.56 Å². The van der Waals surface area contributed by atoms with Crippen molar-refractivity contribution in [1.82, 2.24) is 14.5 Å². The number of nitrogens with zero attached hydrogens (tertiary/aromatic N) is 3. The average molecular weight is 517 g/mol. The predicted octanol–water partition coefficient (Wildman–Crippen LogP) is 5.18. The molecule has 0 bridgehead atoms. The maximum Gasteiger partial charge on any atom is 0.254 e. The molecular formula is C29H29FN4O4. The summed E-state index contributed by atoms with van der Waals surface area (Å²) in [5.41, 5.74) is 2.43. The molecule has 0 aliphatic carbocycles. The first-order valence-electron chi connectivity index (χ1n) is 12.0. The number of halogens is 1. The summed E-state index contributed by atoms with van der Waals surface area (Å²) >= 11 is 0. The number of anilines is 1. The number of benzene rings is 3. The Balaban J connectivity index is 1.61. The second-order valence-electron chi connectivity index (χ2n) is 8.83. The highest BCUT2D eigenvalue weighted by molar-refractivity contribution is 5.99. The first kappa shape index (κ1) is 26.4. The Labute approximate surface area is 220 Å². The van der Waals surface area contributed by atoms with Crippen LogP contribution in [0, 0.1) is 5.82 Å². The molecule has 2 amide bonds. The summed E-state index contributed by atoms with van der Waals surface area (Å²) in [6.07, 6.45) is 1.76. The minimum Gasteiger partial charge on any atom is -0.497 e. The Kier molecular flexibility index (Phi) is 8.06. The quantitative estimate of drug-likeness (QED) is 0.331. The fourth-order valence-electron chi connectivity index (χ4n) is 3.90. The molecule has 0 saturated carbocycles. The Morgan fingerprint density at radius 2 is 1.66 bits per heavy atom. The molecule has 0 saturated heterocycles. The van der Waals surface area contributed by atoms with E-state index in [1.54, 1.807) is 54.3 Å². The monoisotopic (exact) mass is 516 g/mol. The van der Waals surface area contributed by atoms with Crippen LogP contribution in [-0.4, -0.2) is 53.1 Å². The van der Waals surface area contributed by atoms with Gasteiger partial charge in [0.2, 0.25) is 11.9 Å². The van der Waals surface area contributed by atoms with Crippen LogP contribution < -0.4 is 14.8 Å². The predicted molar refractivity (Wildman–Crippen MR) is 143 cm³/mol. The standard InChI is InChI=1S/C29H29FN4O4/c1-19(2)33(28(36)21-6-5-7-25(16-21)38-4)18-27(35)32-29-31-26(20-8-14-24(37-3)15-9-20)17-34(29)23-12-10-22(30)11-13-23/h5-17,19H,18H2,1-4H3,(H,31,32,35). The van der Waals surface area contributed by atoms with Crippen LogP contribution in [-0.2, 0) is 4.79 Å². The Bertz CT molecular complexity index is 1420. The minimum atomic E-state index is -0.426. The molecule has 0 spiro atoms. The van der Waals surface area contributed by atoms with E-state index in [9.17, 15) is 14.0 Å². The zero-order chi connectivity index (χ0) is 27.2. The van der Waals surface area contributed by atoms with E-state index < -0.39 is 5.91 Å². The molecule has 0 atom stereocenters. The van der Waals surface area contributed by atoms with Crippen molar-refractivity contribution < 1.29 is 23.5 Å². The highest BCUT2D eigenvalue weighted by Gasteiger charge is 2.23. The third kappa shape index (κ3) is 6.00. The molecule has 9 heteroatoms. The molecule has 38 heavy (non-hydrogen) atoms. The van der Waals surface area contributed by atoms with Gasteiger partial charge in [0.1, 0.15) is 23.9 Å². The molecule has 0 radical (unpaired) electrons. The Morgan fingerprint density at radius 1 is 0.974 bits per heavy atom. The van der Waals surface area contributed by atoms with Crippen LogP contribution in [0.5, 0.6) is 11.5 Å². The van der Waals surface area contributed by atoms with Gasteiger partial charge in [-0.2, -0.15) is 0 Å². The van der Waals surface area contributed by atoms with E-state index in [-0.39, 0.29) is 30.3 Å². The van der Waals surface area contributed by atoms with Gasteiger partial charge in [0.05, 0.1) is 19.9 Å². The van der Waals surface area contributed by atoms with E-state index in [4.69, 9.17) is 9.47 Å². The summed E-state index contributed by atoms with van der Waals surface area (Å²) in [5.74, 6) is 0.398. The molecule has 1 aromatic heterocycles. The number of hydrogen-bond donors (Lipinski definition) is 1. The molecule has 196 valence electrons. The normalized spacial score (nSPS) is 10.8. The number of ether oxygens (including phenoxy) is 2. The van der Waals surface area contributed by atoms with Gasteiger partial charge in [0, 0.05) is 29.1 Å². The first-order chi connectivity index (χ1) is 18.3. The highest BCUT2D eigenvalue weighted by atomic mass is 19.1. The number of amides is 2. The number of imidazole rings is 1. The number of hydrogen-bond acceptors (Lipinski definition) is 5. The van der Waals surface area contributed by atoms with Crippen LogP contribution in [0.15, 0.2) is 79.0 Å². The first-order valence-corrected chi connectivity index (χ1v) is 12.0. The van der Waals surface area contributed by atoms with Crippen LogP contribution >= 0.6 is 0 Å². The van der Waals surface area contributed by atoms with E-state index in [2.05, 4.69) is 10.3 Å². The van der Waals surface area contributed by atoms with Crippen molar-refractivity contribution in [2.24, 2.45) is 0 Å². The van der Waals surface area contributed by atoms with Gasteiger partial charge in [-0.15, -0.1) is 0 Å². The lowest BCUT2D eigenvalue weighted by molar-refractivity contribution is -0.117. The molecule has 0 fully saturated rings. The maximum absolute atomic E-state index is 13.6. The Hall–Kier alpha value is -4.66. The summed E-state index contributed by atoms with van der Waals surface area (Å²) in [4.78, 5) is 32.5. The SMILES string of the molecule is COc1ccc(-c2cn(-c3ccc(F)cc3)c(NC(=O)CN(C(=O)c3cccc(OC)c3)C(C)C)n2)cc1. The number of carbonyl (C=O) groups excluding carboxylic acids is 2. The van der Waals surface area contributed by atoms with Gasteiger partial charge in [-0.3, -0.25) is 19.5 Å². The Morgan fingerprint density at radius 3 is 2.29 bits per heavy atom. The van der Waals surface area contributed by atoms with Crippen molar-refractivity contribution in [3.05, 3.63) is 90.4 Å². The molecule has 8 nitrogen and oxygen atoms in total. The zero-order valence-electron chi connectivity index (χ0n) is 21.6. The van der Waals surface area contributed by atoms with Crippen molar-refractivity contribution in [1.29, 1.82) is 0 Å². The lowest BCUT2D eigenvalue weighted by Gasteiger charge is -2.26. The lowest BCUT2D eigenvalue weighted by atomic mass is 10.1. The molecule has 1 heterocycles. The van der Waals surface area contributed by atoms with E-state index in [0.29, 0.717) is 28.4 Å². The van der Waals surface area contributed by atoms with Gasteiger partial charge < -0.3 is 14.4 Å². The van der Waals surface area contributed by atoms with Crippen LogP contribution in [0.1, 0.15) is 24.2 Å². The highest BCUT2D eigenvalue weighted by Crippen LogP contribution is 2.26. The fraction of sp³-hybridized carbons (Fsp3) is 0.207. The molecule has 0 aliphatic heterocycles. The molecule has 4 aromatic rings. The van der Waals surface area contributed by atoms with Crippen LogP contribution in [0.25, 0.3) is 16.9 Å². The smallest absolute Gasteiger partial charge is 0.254 e. The summed E-state index contributed by atoms with van der Waals surface area (Å²) in [6, 6.07) is 19.7. The maximum atomic E-state index is 13.6. The fourth-order valence-corrected chi connectivity index (χ4v) is 3.90. The van der Waals surface area contributed by atoms with Gasteiger partial charge in [0.15, 0.2) is 0 Å². The number of nitrogens with one attached hydrogen (secondary N) is 1. The van der Waals surface area contributed by atoms with Crippen molar-refractivity contribution >= 4 is 17.8 Å². The van der Waals surface area contributed by atoms with Gasteiger partial charge in [-0.1, -0.05) is 6.07 Å². The third-order valence-electron chi connectivity index (χ3n) is 5.96. The lowest BCUT2D eigenvalue weighted by Crippen LogP contribution is -2.42. The third-order valence-corrected chi connectivity index (χ3v) is 5.96. The molecule has 1 N–H and O–H groups in total. The van der Waals surface area contributed by atoms with Gasteiger partial charge in [0.25, 0.3) is 5.91 Å². The number of carbonyl (C=O) groups is 2. The van der Waals surface area contributed by atoms with Crippen molar-refractivity contribution in [2.75, 3.05) is 26.1 Å². The van der Waals surface area contributed by atoms with Crippen LogP contribution in [0.4, 0.5) is 10.3 Å². The molecule has 3 aromatic carbocycles. The summed E-state index contributed by atoms with van der Waals surface area (Å²) < 4.78 is 25.7. The van der Waals surface area contributed by atoms with Gasteiger partial charge >= 0.3 is 0 Å². The zero-order valence-corrected chi connectivity index (χ0v) is 21.6. The summed E-state index contributed by atoms with van der Waals surface area (Å²) in [5, 5.41) is 2.83. The number of rotatable bonds is 9. The molecule has 4 rings (SSSR count). The molecular weight excluding hydrogens is 487 g/mol. The molecule has 0 unspecified atom stereocenters. The summed E-state index contributed by atoms with van der Waals surface area (Å²) in [7, 11) is 3.12. The van der Waals surface area contributed by atoms with Crippen LogP contribution in [0.3, 0.4) is 0 Å². The van der Waals surface area contributed by atoms with Crippen LogP contribution in [0.2, 0.25) is 0 Å². The van der Waals surface area contributed by atoms with E-state index in [1.165, 1.54) is 24.1 Å². The largest absolute Gasteiger partial charge is 0.497 e.